The number of anilines is 1. The highest BCUT2D eigenvalue weighted by molar-refractivity contribution is 6.28. The maximum Gasteiger partial charge on any atom is 0.226 e. The largest absolute Gasteiger partial charge is 0.371 e. The Labute approximate surface area is 114 Å². The lowest BCUT2D eigenvalue weighted by Gasteiger charge is -2.03. The molecule has 0 aliphatic carbocycles. The van der Waals surface area contributed by atoms with Crippen molar-refractivity contribution in [2.75, 3.05) is 12.4 Å². The maximum atomic E-state index is 5.90. The first kappa shape index (κ1) is 11.9. The van der Waals surface area contributed by atoms with Crippen molar-refractivity contribution in [1.29, 1.82) is 0 Å². The molecule has 6 nitrogen and oxygen atoms in total. The summed E-state index contributed by atoms with van der Waals surface area (Å²) in [6.45, 7) is 0.591. The Balaban J connectivity index is 2.08. The van der Waals surface area contributed by atoms with Crippen LogP contribution in [0.4, 0.5) is 5.82 Å². The minimum Gasteiger partial charge on any atom is -0.371 e. The molecule has 19 heavy (non-hydrogen) atoms. The highest BCUT2D eigenvalue weighted by Gasteiger charge is 2.13. The van der Waals surface area contributed by atoms with E-state index in [9.17, 15) is 0 Å². The van der Waals surface area contributed by atoms with Gasteiger partial charge in [-0.2, -0.15) is 9.97 Å². The summed E-state index contributed by atoms with van der Waals surface area (Å²) in [7, 11) is 1.76. The highest BCUT2D eigenvalue weighted by Crippen LogP contribution is 2.19. The van der Waals surface area contributed by atoms with Crippen molar-refractivity contribution in [3.05, 3.63) is 41.2 Å². The molecule has 0 radical (unpaired) electrons. The lowest BCUT2D eigenvalue weighted by atomic mass is 10.2. The fraction of sp³-hybridized carbons (Fsp3) is 0.167. The number of hydrogen-bond acceptors (Lipinski definition) is 5. The lowest BCUT2D eigenvalue weighted by molar-refractivity contribution is 0.664. The zero-order valence-electron chi connectivity index (χ0n) is 10.2. The maximum absolute atomic E-state index is 5.90. The number of fused-ring (bicyclic) bond motifs is 1. The average Bonchev–Trinajstić information content (AvgIpc) is 2.82. The molecule has 0 unspecified atom stereocenters. The molecule has 3 aromatic rings. The first-order valence-corrected chi connectivity index (χ1v) is 6.14. The normalized spacial score (nSPS) is 10.8. The molecule has 0 spiro atoms. The van der Waals surface area contributed by atoms with Crippen LogP contribution < -0.4 is 5.32 Å². The van der Waals surface area contributed by atoms with E-state index in [-0.39, 0.29) is 5.28 Å². The molecule has 2 heterocycles. The summed E-state index contributed by atoms with van der Waals surface area (Å²) in [5, 5.41) is 11.3. The van der Waals surface area contributed by atoms with Crippen LogP contribution in [0.15, 0.2) is 30.3 Å². The molecule has 1 aromatic carbocycles. The van der Waals surface area contributed by atoms with Crippen LogP contribution in [0.25, 0.3) is 11.2 Å². The molecule has 0 saturated heterocycles. The molecule has 0 saturated carbocycles. The fourth-order valence-corrected chi connectivity index (χ4v) is 2.03. The Hall–Kier alpha value is -2.21. The van der Waals surface area contributed by atoms with Gasteiger partial charge in [-0.25, -0.2) is 4.68 Å². The van der Waals surface area contributed by atoms with Crippen LogP contribution in [0.3, 0.4) is 0 Å². The van der Waals surface area contributed by atoms with Gasteiger partial charge in [0.1, 0.15) is 0 Å². The molecular formula is C12H11ClN6. The van der Waals surface area contributed by atoms with Crippen molar-refractivity contribution in [2.45, 2.75) is 6.54 Å². The van der Waals surface area contributed by atoms with E-state index >= 15 is 0 Å². The van der Waals surface area contributed by atoms with Crippen molar-refractivity contribution >= 4 is 28.6 Å². The summed E-state index contributed by atoms with van der Waals surface area (Å²) < 4.78 is 1.71. The van der Waals surface area contributed by atoms with Gasteiger partial charge in [0, 0.05) is 7.05 Å². The molecule has 0 bridgehead atoms. The quantitative estimate of drug-likeness (QED) is 0.740. The van der Waals surface area contributed by atoms with Gasteiger partial charge in [0.05, 0.1) is 6.54 Å². The van der Waals surface area contributed by atoms with Crippen LogP contribution in [0.5, 0.6) is 0 Å². The summed E-state index contributed by atoms with van der Waals surface area (Å²) >= 11 is 5.90. The third kappa shape index (κ3) is 2.22. The molecule has 0 amide bonds. The van der Waals surface area contributed by atoms with Gasteiger partial charge in [0.15, 0.2) is 17.0 Å². The zero-order valence-corrected chi connectivity index (χ0v) is 11.0. The second kappa shape index (κ2) is 4.81. The molecule has 0 fully saturated rings. The summed E-state index contributed by atoms with van der Waals surface area (Å²) in [5.74, 6) is 0.578. The molecule has 3 rings (SSSR count). The minimum atomic E-state index is 0.175. The van der Waals surface area contributed by atoms with Gasteiger partial charge in [-0.05, 0) is 17.2 Å². The van der Waals surface area contributed by atoms with Crippen LogP contribution in [0.2, 0.25) is 5.28 Å². The van der Waals surface area contributed by atoms with E-state index in [1.54, 1.807) is 11.7 Å². The van der Waals surface area contributed by atoms with Gasteiger partial charge >= 0.3 is 0 Å². The topological polar surface area (TPSA) is 68.5 Å². The van der Waals surface area contributed by atoms with Gasteiger partial charge in [-0.3, -0.25) is 0 Å². The Morgan fingerprint density at radius 2 is 2.00 bits per heavy atom. The van der Waals surface area contributed by atoms with Crippen molar-refractivity contribution in [3.8, 4) is 0 Å². The Kier molecular flexibility index (Phi) is 3.00. The van der Waals surface area contributed by atoms with E-state index in [1.807, 2.05) is 30.3 Å². The Morgan fingerprint density at radius 1 is 1.21 bits per heavy atom. The summed E-state index contributed by atoms with van der Waals surface area (Å²) in [4.78, 5) is 8.26. The predicted molar refractivity (Wildman–Crippen MR) is 73.2 cm³/mol. The van der Waals surface area contributed by atoms with Gasteiger partial charge in [-0.1, -0.05) is 35.5 Å². The Bertz CT molecular complexity index is 709. The monoisotopic (exact) mass is 274 g/mol. The summed E-state index contributed by atoms with van der Waals surface area (Å²) in [6, 6.07) is 9.98. The third-order valence-corrected chi connectivity index (χ3v) is 2.92. The third-order valence-electron chi connectivity index (χ3n) is 2.75. The van der Waals surface area contributed by atoms with E-state index in [0.717, 1.165) is 5.56 Å². The zero-order chi connectivity index (χ0) is 13.2. The number of nitrogens with one attached hydrogen (secondary N) is 1. The highest BCUT2D eigenvalue weighted by atomic mass is 35.5. The number of benzene rings is 1. The van der Waals surface area contributed by atoms with Crippen LogP contribution in [0, 0.1) is 0 Å². The first-order valence-electron chi connectivity index (χ1n) is 5.76. The molecule has 1 N–H and O–H groups in total. The van der Waals surface area contributed by atoms with E-state index in [0.29, 0.717) is 23.5 Å². The minimum absolute atomic E-state index is 0.175. The standard InChI is InChI=1S/C12H11ClN6/c1-14-10-9-11(16-12(13)15-10)19(18-17-9)7-8-5-3-2-4-6-8/h2-6H,7H2,1H3,(H,14,15,16). The molecular weight excluding hydrogens is 264 g/mol. The molecule has 0 aliphatic rings. The van der Waals surface area contributed by atoms with Crippen molar-refractivity contribution in [1.82, 2.24) is 25.0 Å². The van der Waals surface area contributed by atoms with Crippen LogP contribution >= 0.6 is 11.6 Å². The number of rotatable bonds is 3. The molecule has 2 aromatic heterocycles. The van der Waals surface area contributed by atoms with Crippen molar-refractivity contribution in [3.63, 3.8) is 0 Å². The van der Waals surface area contributed by atoms with Crippen molar-refractivity contribution < 1.29 is 0 Å². The van der Waals surface area contributed by atoms with Crippen LogP contribution in [-0.2, 0) is 6.54 Å². The van der Waals surface area contributed by atoms with Crippen molar-refractivity contribution in [2.24, 2.45) is 0 Å². The molecule has 0 aliphatic heterocycles. The molecule has 7 heteroatoms. The number of halogens is 1. The number of hydrogen-bond donors (Lipinski definition) is 1. The predicted octanol–water partition coefficient (Wildman–Crippen LogP) is 1.96. The van der Waals surface area contributed by atoms with E-state index in [4.69, 9.17) is 11.6 Å². The first-order chi connectivity index (χ1) is 9.28. The number of nitrogens with zero attached hydrogens (tertiary/aromatic N) is 5. The van der Waals surface area contributed by atoms with Gasteiger partial charge in [0.25, 0.3) is 0 Å². The smallest absolute Gasteiger partial charge is 0.226 e. The van der Waals surface area contributed by atoms with Gasteiger partial charge in [0.2, 0.25) is 5.28 Å². The van der Waals surface area contributed by atoms with Gasteiger partial charge < -0.3 is 5.32 Å². The van der Waals surface area contributed by atoms with E-state index in [1.165, 1.54) is 0 Å². The molecule has 96 valence electrons. The molecule has 0 atom stereocenters. The average molecular weight is 275 g/mol. The lowest BCUT2D eigenvalue weighted by Crippen LogP contribution is -2.03. The second-order valence-electron chi connectivity index (χ2n) is 4.00. The SMILES string of the molecule is CNc1nc(Cl)nc2c1nnn2Cc1ccccc1. The Morgan fingerprint density at radius 3 is 2.74 bits per heavy atom. The second-order valence-corrected chi connectivity index (χ2v) is 4.33. The number of aromatic nitrogens is 5. The van der Waals surface area contributed by atoms with Crippen LogP contribution in [0.1, 0.15) is 5.56 Å². The van der Waals surface area contributed by atoms with E-state index in [2.05, 4.69) is 25.6 Å². The summed E-state index contributed by atoms with van der Waals surface area (Å²) in [6.07, 6.45) is 0. The fourth-order valence-electron chi connectivity index (χ4n) is 1.87. The summed E-state index contributed by atoms with van der Waals surface area (Å²) in [5.41, 5.74) is 2.35. The van der Waals surface area contributed by atoms with Gasteiger partial charge in [-0.15, -0.1) is 5.10 Å². The van der Waals surface area contributed by atoms with E-state index < -0.39 is 0 Å². The van der Waals surface area contributed by atoms with Crippen LogP contribution in [-0.4, -0.2) is 32.0 Å².